The minimum atomic E-state index is -0.832. The van der Waals surface area contributed by atoms with Crippen LogP contribution in [0.15, 0.2) is 91.0 Å². The van der Waals surface area contributed by atoms with Gasteiger partial charge < -0.3 is 10.2 Å². The first-order valence-electron chi connectivity index (χ1n) is 13.3. The lowest BCUT2D eigenvalue weighted by molar-refractivity contribution is -0.140. The Bertz CT molecular complexity index is 1570. The number of hydrogen-bond acceptors (Lipinski definition) is 3. The van der Waals surface area contributed by atoms with E-state index in [9.17, 15) is 14.4 Å². The Morgan fingerprint density at radius 2 is 1.57 bits per heavy atom. The van der Waals surface area contributed by atoms with Crippen LogP contribution in [0.3, 0.4) is 0 Å². The molecule has 5 rings (SSSR count). The van der Waals surface area contributed by atoms with Crippen LogP contribution in [0.2, 0.25) is 5.02 Å². The second kappa shape index (κ2) is 11.1. The third kappa shape index (κ3) is 5.73. The van der Waals surface area contributed by atoms with E-state index in [4.69, 9.17) is 11.6 Å². The van der Waals surface area contributed by atoms with Crippen molar-refractivity contribution < 1.29 is 14.4 Å². The van der Waals surface area contributed by atoms with Gasteiger partial charge in [0.05, 0.1) is 5.69 Å². The Hall–Kier alpha value is -4.16. The van der Waals surface area contributed by atoms with Crippen molar-refractivity contribution in [2.75, 3.05) is 11.4 Å². The standard InChI is InChI=1S/C33H32ClN3O3/c1-33(2,3)35-31(39)28(19-22-11-5-4-6-12-22)36(20-24-13-7-8-17-26(24)34)29(38)21-37-27-18-10-15-23-14-9-16-25(30(23)27)32(37)40/h4-18,28H,19-21H2,1-3H3,(H,35,39)/t28-/m1/s1. The molecule has 0 fully saturated rings. The molecule has 0 bridgehead atoms. The fraction of sp³-hybridized carbons (Fsp3) is 0.242. The molecule has 204 valence electrons. The summed E-state index contributed by atoms with van der Waals surface area (Å²) >= 11 is 6.53. The van der Waals surface area contributed by atoms with Gasteiger partial charge in [-0.15, -0.1) is 0 Å². The van der Waals surface area contributed by atoms with Gasteiger partial charge in [0, 0.05) is 34.5 Å². The van der Waals surface area contributed by atoms with E-state index < -0.39 is 11.6 Å². The molecular weight excluding hydrogens is 522 g/mol. The van der Waals surface area contributed by atoms with Crippen molar-refractivity contribution in [3.05, 3.63) is 113 Å². The summed E-state index contributed by atoms with van der Waals surface area (Å²) in [5.41, 5.74) is 2.40. The number of rotatable bonds is 8. The summed E-state index contributed by atoms with van der Waals surface area (Å²) in [6.45, 7) is 5.64. The number of nitrogens with zero attached hydrogens (tertiary/aromatic N) is 2. The van der Waals surface area contributed by atoms with Crippen LogP contribution in [0.5, 0.6) is 0 Å². The van der Waals surface area contributed by atoms with Gasteiger partial charge in [0.15, 0.2) is 0 Å². The highest BCUT2D eigenvalue weighted by molar-refractivity contribution is 6.31. The van der Waals surface area contributed by atoms with E-state index >= 15 is 0 Å². The molecular formula is C33H32ClN3O3. The predicted molar refractivity (Wildman–Crippen MR) is 159 cm³/mol. The zero-order valence-corrected chi connectivity index (χ0v) is 23.6. The molecule has 3 amide bonds. The molecule has 0 saturated carbocycles. The molecule has 1 aliphatic heterocycles. The van der Waals surface area contributed by atoms with E-state index in [-0.39, 0.29) is 30.8 Å². The van der Waals surface area contributed by atoms with E-state index in [0.29, 0.717) is 22.7 Å². The van der Waals surface area contributed by atoms with Crippen LogP contribution in [0, 0.1) is 0 Å². The zero-order valence-electron chi connectivity index (χ0n) is 22.9. The molecule has 1 heterocycles. The SMILES string of the molecule is CC(C)(C)NC(=O)[C@@H](Cc1ccccc1)N(Cc1ccccc1Cl)C(=O)CN1C(=O)c2cccc3cccc1c23. The lowest BCUT2D eigenvalue weighted by atomic mass is 10.0. The van der Waals surface area contributed by atoms with Crippen molar-refractivity contribution in [1.82, 2.24) is 10.2 Å². The maximum absolute atomic E-state index is 14.2. The molecule has 1 aliphatic rings. The number of anilines is 1. The second-order valence-electron chi connectivity index (χ2n) is 11.1. The van der Waals surface area contributed by atoms with E-state index in [1.54, 1.807) is 17.0 Å². The Morgan fingerprint density at radius 3 is 2.27 bits per heavy atom. The van der Waals surface area contributed by atoms with Crippen LogP contribution in [0.25, 0.3) is 10.8 Å². The lowest BCUT2D eigenvalue weighted by Crippen LogP contribution is -2.56. The van der Waals surface area contributed by atoms with Gasteiger partial charge in [0.2, 0.25) is 11.8 Å². The molecule has 7 heteroatoms. The molecule has 0 radical (unpaired) electrons. The molecule has 1 atom stereocenters. The largest absolute Gasteiger partial charge is 0.350 e. The summed E-state index contributed by atoms with van der Waals surface area (Å²) in [5, 5.41) is 5.35. The number of hydrogen-bond donors (Lipinski definition) is 1. The maximum atomic E-state index is 14.2. The van der Waals surface area contributed by atoms with E-state index in [1.165, 1.54) is 4.90 Å². The predicted octanol–water partition coefficient (Wildman–Crippen LogP) is 6.01. The van der Waals surface area contributed by atoms with E-state index in [0.717, 1.165) is 21.9 Å². The van der Waals surface area contributed by atoms with Crippen molar-refractivity contribution in [3.8, 4) is 0 Å². The number of nitrogens with one attached hydrogen (secondary N) is 1. The summed E-state index contributed by atoms with van der Waals surface area (Å²) < 4.78 is 0. The normalized spacial score (nSPS) is 13.4. The van der Waals surface area contributed by atoms with Crippen molar-refractivity contribution in [2.45, 2.75) is 45.3 Å². The van der Waals surface area contributed by atoms with E-state index in [2.05, 4.69) is 5.32 Å². The molecule has 4 aromatic rings. The third-order valence-corrected chi connectivity index (χ3v) is 7.38. The minimum Gasteiger partial charge on any atom is -0.350 e. The van der Waals surface area contributed by atoms with Gasteiger partial charge in [-0.2, -0.15) is 0 Å². The van der Waals surface area contributed by atoms with Crippen LogP contribution in [0.4, 0.5) is 5.69 Å². The number of amides is 3. The second-order valence-corrected chi connectivity index (χ2v) is 11.5. The van der Waals surface area contributed by atoms with Gasteiger partial charge in [-0.05, 0) is 55.5 Å². The molecule has 0 unspecified atom stereocenters. The molecule has 0 saturated heterocycles. The highest BCUT2D eigenvalue weighted by atomic mass is 35.5. The number of halogens is 1. The quantitative estimate of drug-likeness (QED) is 0.290. The first-order valence-corrected chi connectivity index (χ1v) is 13.7. The Labute approximate surface area is 239 Å². The highest BCUT2D eigenvalue weighted by Gasteiger charge is 2.36. The lowest BCUT2D eigenvalue weighted by Gasteiger charge is -2.35. The monoisotopic (exact) mass is 553 g/mol. The number of carbonyl (C=O) groups is 3. The van der Waals surface area contributed by atoms with Gasteiger partial charge in [-0.1, -0.05) is 84.4 Å². The summed E-state index contributed by atoms with van der Waals surface area (Å²) in [4.78, 5) is 44.6. The first kappa shape index (κ1) is 27.4. The molecule has 4 aromatic carbocycles. The molecule has 0 aromatic heterocycles. The highest BCUT2D eigenvalue weighted by Crippen LogP contribution is 2.37. The number of carbonyl (C=O) groups excluding carboxylic acids is 3. The van der Waals surface area contributed by atoms with Gasteiger partial charge in [-0.3, -0.25) is 19.3 Å². The van der Waals surface area contributed by atoms with Gasteiger partial charge >= 0.3 is 0 Å². The third-order valence-electron chi connectivity index (χ3n) is 7.01. The van der Waals surface area contributed by atoms with E-state index in [1.807, 2.05) is 99.6 Å². The van der Waals surface area contributed by atoms with Crippen LogP contribution in [-0.4, -0.2) is 40.7 Å². The van der Waals surface area contributed by atoms with Crippen LogP contribution >= 0.6 is 11.6 Å². The van der Waals surface area contributed by atoms with Crippen molar-refractivity contribution in [2.24, 2.45) is 0 Å². The zero-order chi connectivity index (χ0) is 28.4. The average Bonchev–Trinajstić information content (AvgIpc) is 3.19. The average molecular weight is 554 g/mol. The van der Waals surface area contributed by atoms with Crippen LogP contribution in [-0.2, 0) is 22.6 Å². The molecule has 0 spiro atoms. The van der Waals surface area contributed by atoms with Gasteiger partial charge in [-0.25, -0.2) is 0 Å². The topological polar surface area (TPSA) is 69.7 Å². The van der Waals surface area contributed by atoms with Crippen LogP contribution < -0.4 is 10.2 Å². The Balaban J connectivity index is 1.53. The Kier molecular flexibility index (Phi) is 7.63. The number of benzene rings is 4. The molecule has 40 heavy (non-hydrogen) atoms. The summed E-state index contributed by atoms with van der Waals surface area (Å²) in [7, 11) is 0. The first-order chi connectivity index (χ1) is 19.1. The fourth-order valence-corrected chi connectivity index (χ4v) is 5.37. The maximum Gasteiger partial charge on any atom is 0.259 e. The smallest absolute Gasteiger partial charge is 0.259 e. The fourth-order valence-electron chi connectivity index (χ4n) is 5.18. The summed E-state index contributed by atoms with van der Waals surface area (Å²) in [6, 6.07) is 27.4. The molecule has 0 aliphatic carbocycles. The van der Waals surface area contributed by atoms with Crippen molar-refractivity contribution >= 4 is 45.8 Å². The summed E-state index contributed by atoms with van der Waals surface area (Å²) in [6.07, 6.45) is 0.308. The molecule has 1 N–H and O–H groups in total. The van der Waals surface area contributed by atoms with Crippen molar-refractivity contribution in [1.29, 1.82) is 0 Å². The van der Waals surface area contributed by atoms with Gasteiger partial charge in [0.1, 0.15) is 12.6 Å². The minimum absolute atomic E-state index is 0.118. The van der Waals surface area contributed by atoms with Crippen LogP contribution in [0.1, 0.15) is 42.3 Å². The van der Waals surface area contributed by atoms with Gasteiger partial charge in [0.25, 0.3) is 5.91 Å². The van der Waals surface area contributed by atoms with Crippen molar-refractivity contribution in [3.63, 3.8) is 0 Å². The summed E-state index contributed by atoms with van der Waals surface area (Å²) in [5.74, 6) is -0.838. The molecule has 6 nitrogen and oxygen atoms in total. The Morgan fingerprint density at radius 1 is 0.900 bits per heavy atom.